The van der Waals surface area contributed by atoms with E-state index in [9.17, 15) is 43.5 Å². The van der Waals surface area contributed by atoms with E-state index in [-0.39, 0.29) is 62.0 Å². The van der Waals surface area contributed by atoms with Crippen LogP contribution in [0.25, 0.3) is 55.0 Å². The molecule has 0 bridgehead atoms. The molecule has 0 saturated carbocycles. The number of benzene rings is 3. The number of rotatable bonds is 14. The summed E-state index contributed by atoms with van der Waals surface area (Å²) in [6.45, 7) is 13.7. The summed E-state index contributed by atoms with van der Waals surface area (Å²) in [5.74, 6) is -2.65. The molecule has 0 atom stereocenters. The number of carbonyl (C=O) groups excluding carboxylic acids is 4. The second kappa shape index (κ2) is 25.7. The van der Waals surface area contributed by atoms with Crippen molar-refractivity contribution < 1.29 is 33.8 Å². The first kappa shape index (κ1) is 60.1. The van der Waals surface area contributed by atoms with Crippen molar-refractivity contribution in [3.63, 3.8) is 0 Å². The van der Waals surface area contributed by atoms with Gasteiger partial charge in [0.05, 0.1) is 39.5 Å². The maximum Gasteiger partial charge on any atom is 0.332 e. The Hall–Kier alpha value is -9.58. The molecule has 5 N–H and O–H groups in total. The lowest BCUT2D eigenvalue weighted by molar-refractivity contribution is -0.157. The van der Waals surface area contributed by atoms with Crippen LogP contribution in [0.5, 0.6) is 0 Å². The average molecular weight is 1120 g/mol. The highest BCUT2D eigenvalue weighted by Gasteiger charge is 2.37. The van der Waals surface area contributed by atoms with Crippen LogP contribution in [0.4, 0.5) is 4.79 Å². The third-order valence-electron chi connectivity index (χ3n) is 13.6. The quantitative estimate of drug-likeness (QED) is 0.0540. The molecule has 0 fully saturated rings. The van der Waals surface area contributed by atoms with Crippen LogP contribution in [0, 0.1) is 20.8 Å². The van der Waals surface area contributed by atoms with E-state index in [4.69, 9.17) is 9.47 Å². The zero-order chi connectivity index (χ0) is 59.9. The summed E-state index contributed by atoms with van der Waals surface area (Å²) in [6.07, 6.45) is 0.843. The van der Waals surface area contributed by atoms with E-state index in [1.807, 2.05) is 95.3 Å². The lowest BCUT2D eigenvalue weighted by Gasteiger charge is -2.14. The molecular weight excluding hydrogens is 1050 g/mol. The average Bonchev–Trinajstić information content (AvgIpc) is 4.31. The summed E-state index contributed by atoms with van der Waals surface area (Å²) in [4.78, 5) is 119. The van der Waals surface area contributed by atoms with Gasteiger partial charge >= 0.3 is 29.3 Å². The minimum Gasteiger partial charge on any atom is -0.465 e. The van der Waals surface area contributed by atoms with Gasteiger partial charge in [0.25, 0.3) is 11.1 Å². The molecule has 10 rings (SSSR count). The summed E-state index contributed by atoms with van der Waals surface area (Å²) >= 11 is 0. The second-order valence-electron chi connectivity index (χ2n) is 19.3. The molecule has 24 nitrogen and oxygen atoms in total. The van der Waals surface area contributed by atoms with Crippen LogP contribution >= 0.6 is 0 Å². The number of imidazole rings is 2. The van der Waals surface area contributed by atoms with Gasteiger partial charge in [0.15, 0.2) is 22.3 Å². The number of hydrogen-bond donors (Lipinski definition) is 5. The minimum absolute atomic E-state index is 0.00880. The molecule has 10 aromatic rings. The van der Waals surface area contributed by atoms with Gasteiger partial charge in [-0.1, -0.05) is 48.7 Å². The zero-order valence-electron chi connectivity index (χ0n) is 48.1. The smallest absolute Gasteiger partial charge is 0.332 e. The Morgan fingerprint density at radius 1 is 0.634 bits per heavy atom. The number of nitrogens with zero attached hydrogens (tertiary/aromatic N) is 9. The van der Waals surface area contributed by atoms with Crippen LogP contribution in [0.15, 0.2) is 92.0 Å². The normalized spacial score (nSPS) is 11.1. The van der Waals surface area contributed by atoms with Crippen LogP contribution in [0.3, 0.4) is 0 Å². The number of ether oxygens (including phenoxy) is 2. The summed E-state index contributed by atoms with van der Waals surface area (Å²) in [7, 11) is 7.81. The second-order valence-corrected chi connectivity index (χ2v) is 19.3. The van der Waals surface area contributed by atoms with Crippen molar-refractivity contribution in [2.45, 2.75) is 80.4 Å². The highest BCUT2D eigenvalue weighted by molar-refractivity contribution is 6.00. The number of nitrogens with one attached hydrogen (secondary N) is 4. The zero-order valence-corrected chi connectivity index (χ0v) is 48.1. The fraction of sp³-hybridized carbons (Fsp3) is 0.345. The molecule has 24 heteroatoms. The number of esters is 2. The number of carbonyl (C=O) groups is 4. The molecule has 7 heterocycles. The molecule has 7 aromatic heterocycles. The predicted octanol–water partition coefficient (Wildman–Crippen LogP) is 5.09. The predicted molar refractivity (Wildman–Crippen MR) is 312 cm³/mol. The van der Waals surface area contributed by atoms with Gasteiger partial charge in [-0.05, 0) is 105 Å². The summed E-state index contributed by atoms with van der Waals surface area (Å²) in [5.41, 5.74) is 7.41. The van der Waals surface area contributed by atoms with Gasteiger partial charge in [-0.15, -0.1) is 0 Å². The van der Waals surface area contributed by atoms with E-state index < -0.39 is 40.8 Å². The van der Waals surface area contributed by atoms with Crippen molar-refractivity contribution >= 4 is 79.4 Å². The number of H-pyrrole nitrogens is 3. The Morgan fingerprint density at radius 2 is 1.05 bits per heavy atom. The monoisotopic (exact) mass is 1120 g/mol. The number of urea groups is 1. The molecule has 0 spiro atoms. The van der Waals surface area contributed by atoms with Gasteiger partial charge in [-0.25, -0.2) is 24.4 Å². The summed E-state index contributed by atoms with van der Waals surface area (Å²) in [5, 5.41) is 14.7. The van der Waals surface area contributed by atoms with Gasteiger partial charge in [-0.3, -0.25) is 47.1 Å². The van der Waals surface area contributed by atoms with Crippen LogP contribution in [-0.2, 0) is 78.1 Å². The van der Waals surface area contributed by atoms with Gasteiger partial charge in [-0.2, -0.15) is 0 Å². The van der Waals surface area contributed by atoms with Crippen molar-refractivity contribution in [2.24, 2.45) is 28.2 Å². The first-order valence-corrected chi connectivity index (χ1v) is 26.7. The molecule has 3 amide bonds. The van der Waals surface area contributed by atoms with Crippen molar-refractivity contribution in [3.05, 3.63) is 160 Å². The van der Waals surface area contributed by atoms with E-state index in [2.05, 4.69) is 42.4 Å². The maximum absolute atomic E-state index is 13.5. The molecule has 0 saturated heterocycles. The van der Waals surface area contributed by atoms with Gasteiger partial charge in [0.2, 0.25) is 12.3 Å². The molecule has 82 heavy (non-hydrogen) atoms. The number of amides is 3. The van der Waals surface area contributed by atoms with Crippen molar-refractivity contribution in [3.8, 4) is 0 Å². The van der Waals surface area contributed by atoms with Crippen molar-refractivity contribution in [2.75, 3.05) is 26.9 Å². The number of aromatic amines is 3. The minimum atomic E-state index is -1.49. The number of aromatic nitrogens is 11. The molecule has 3 aromatic carbocycles. The van der Waals surface area contributed by atoms with Crippen molar-refractivity contribution in [1.29, 1.82) is 0 Å². The largest absolute Gasteiger partial charge is 0.465 e. The van der Waals surface area contributed by atoms with Crippen LogP contribution < -0.4 is 27.8 Å². The molecule has 0 aliphatic heterocycles. The summed E-state index contributed by atoms with van der Waals surface area (Å²) < 4.78 is 18.0. The fourth-order valence-corrected chi connectivity index (χ4v) is 9.58. The molecule has 0 radical (unpaired) electrons. The number of imide groups is 1. The fourth-order valence-electron chi connectivity index (χ4n) is 9.58. The maximum atomic E-state index is 13.5. The van der Waals surface area contributed by atoms with E-state index in [0.717, 1.165) is 64.7 Å². The molecule has 0 aliphatic rings. The summed E-state index contributed by atoms with van der Waals surface area (Å²) in [6, 6.07) is 23.4. The molecule has 0 unspecified atom stereocenters. The topological polar surface area (TPSA) is 293 Å². The number of hydrogen-bond acceptors (Lipinski definition) is 13. The Labute approximate surface area is 469 Å². The highest BCUT2D eigenvalue weighted by Crippen LogP contribution is 2.24. The Balaban J connectivity index is 0.000000183. The van der Waals surface area contributed by atoms with E-state index >= 15 is 0 Å². The lowest BCUT2D eigenvalue weighted by Crippen LogP contribution is -2.40. The standard InChI is InChI=1S/C24H27N5O6.C19H21N5O3.C13H15N3O2.C2H6/c1-6-34-22(31)17(23(32)35-7-2)19-26-20-18(27(19)4)21(30)29(24(33)28(20)5)12-15-11-14-10-13(3)8-9-16(14)25-15;1-11-4-5-14-12(8-11)9-13(20-14)10-24-18(26)16-17(23(3)19(24)27)21-15(6-7-25)22(16)2;1-9-3-4-12-10(5-9)6-11(15-12)7-16(8-17)13(18)14-2;1-2/h8-11,17,25H,6-7,12H2,1-5H3;4-5,8-9,20,25H,6-7,10H2,1-3H3;3-6,8,15H,7H2,1-2H3,(H,14,18);1-2H3. The number of fused-ring (bicyclic) bond motifs is 5. The van der Waals surface area contributed by atoms with Crippen molar-refractivity contribution in [1.82, 2.24) is 62.5 Å². The van der Waals surface area contributed by atoms with E-state index in [1.165, 1.54) is 45.0 Å². The lowest BCUT2D eigenvalue weighted by atomic mass is 10.1. The van der Waals surface area contributed by atoms with Crippen LogP contribution in [0.1, 0.15) is 79.0 Å². The molecular formula is C58H69N13O11. The van der Waals surface area contributed by atoms with E-state index in [1.54, 1.807) is 32.5 Å². The first-order chi connectivity index (χ1) is 39.2. The first-order valence-electron chi connectivity index (χ1n) is 26.7. The third kappa shape index (κ3) is 12.3. The highest BCUT2D eigenvalue weighted by atomic mass is 16.6. The Bertz CT molecular complexity index is 4260. The number of aryl methyl sites for hydroxylation is 7. The SMILES string of the molecule is CC.CCOC(=O)C(C(=O)OCC)c1nc2c(c(=O)n(Cc3cc4cc(C)ccc4[nH]3)c(=O)n2C)n1C.CNC(=O)N(C=O)Cc1cc2cc(C)ccc2[nH]1.Cc1ccc2[nH]c(Cn3c(=O)c4c(nc(CCO)n4C)n(C)c3=O)cc2c1. The Morgan fingerprint density at radius 3 is 1.46 bits per heavy atom. The third-order valence-corrected chi connectivity index (χ3v) is 13.6. The number of aliphatic hydroxyl groups excluding tert-OH is 1. The van der Waals surface area contributed by atoms with Gasteiger partial charge in [0.1, 0.15) is 11.6 Å². The van der Waals surface area contributed by atoms with E-state index in [0.29, 0.717) is 35.5 Å². The molecule has 432 valence electrons. The van der Waals surface area contributed by atoms with Gasteiger partial charge in [0, 0.05) is 75.3 Å². The molecule has 0 aliphatic carbocycles. The van der Waals surface area contributed by atoms with Gasteiger partial charge < -0.3 is 44.0 Å². The Kier molecular flexibility index (Phi) is 18.8. The van der Waals surface area contributed by atoms with Crippen LogP contribution in [-0.4, -0.2) is 114 Å². The number of aliphatic hydroxyl groups is 1. The van der Waals surface area contributed by atoms with Crippen LogP contribution in [0.2, 0.25) is 0 Å².